The molecule has 1 unspecified atom stereocenters. The molecule has 1 N–H and O–H groups in total. The van der Waals surface area contributed by atoms with Gasteiger partial charge < -0.3 is 5.32 Å². The second-order valence-electron chi connectivity index (χ2n) is 5.54. The van der Waals surface area contributed by atoms with Gasteiger partial charge in [-0.2, -0.15) is 13.2 Å². The average molecular weight is 286 g/mol. The molecular formula is C15H21F3N2. The molecule has 1 fully saturated rings. The quantitative estimate of drug-likeness (QED) is 0.891. The molecule has 0 aliphatic heterocycles. The number of nitrogens with one attached hydrogen (secondary N) is 1. The van der Waals surface area contributed by atoms with Crippen LogP contribution in [-0.2, 0) is 6.18 Å². The standard InChI is InChI=1S/C15H21F3N2/c1-19-14(9-11-5-3-2-4-6-11)12-10-20-8-7-13(12)15(16,17)18/h7-8,10-11,14,19H,2-6,9H2,1H3. The SMILES string of the molecule is CNC(CC1CCCCC1)c1cnccc1C(F)(F)F. The van der Waals surface area contributed by atoms with Crippen LogP contribution in [0.3, 0.4) is 0 Å². The Kier molecular flexibility index (Phi) is 5.02. The van der Waals surface area contributed by atoms with E-state index >= 15 is 0 Å². The molecule has 0 spiro atoms. The van der Waals surface area contributed by atoms with E-state index in [2.05, 4.69) is 10.3 Å². The number of alkyl halides is 3. The highest BCUT2D eigenvalue weighted by Gasteiger charge is 2.35. The summed E-state index contributed by atoms with van der Waals surface area (Å²) in [7, 11) is 1.72. The molecule has 5 heteroatoms. The molecule has 112 valence electrons. The monoisotopic (exact) mass is 286 g/mol. The zero-order valence-electron chi connectivity index (χ0n) is 11.7. The zero-order valence-corrected chi connectivity index (χ0v) is 11.7. The number of halogens is 3. The minimum absolute atomic E-state index is 0.271. The summed E-state index contributed by atoms with van der Waals surface area (Å²) >= 11 is 0. The molecule has 0 bridgehead atoms. The van der Waals surface area contributed by atoms with Crippen molar-refractivity contribution in [3.63, 3.8) is 0 Å². The number of aromatic nitrogens is 1. The summed E-state index contributed by atoms with van der Waals surface area (Å²) in [6, 6.07) is 0.795. The van der Waals surface area contributed by atoms with Gasteiger partial charge in [-0.3, -0.25) is 4.98 Å². The van der Waals surface area contributed by atoms with Crippen molar-refractivity contribution in [3.05, 3.63) is 29.6 Å². The average Bonchev–Trinajstić information content (AvgIpc) is 2.45. The molecule has 1 aliphatic rings. The molecule has 0 radical (unpaired) electrons. The molecule has 0 amide bonds. The van der Waals surface area contributed by atoms with Crippen molar-refractivity contribution >= 4 is 0 Å². The first-order valence-electron chi connectivity index (χ1n) is 7.20. The van der Waals surface area contributed by atoms with Gasteiger partial charge in [-0.25, -0.2) is 0 Å². The summed E-state index contributed by atoms with van der Waals surface area (Å²) in [5, 5.41) is 3.04. The smallest absolute Gasteiger partial charge is 0.313 e. The van der Waals surface area contributed by atoms with Crippen LogP contribution >= 0.6 is 0 Å². The van der Waals surface area contributed by atoms with Crippen LogP contribution in [0.1, 0.15) is 55.7 Å². The van der Waals surface area contributed by atoms with Crippen molar-refractivity contribution in [1.29, 1.82) is 0 Å². The van der Waals surface area contributed by atoms with Crippen molar-refractivity contribution < 1.29 is 13.2 Å². The summed E-state index contributed by atoms with van der Waals surface area (Å²) in [6.45, 7) is 0. The minimum Gasteiger partial charge on any atom is -0.313 e. The number of pyridine rings is 1. The van der Waals surface area contributed by atoms with Crippen LogP contribution < -0.4 is 5.32 Å². The van der Waals surface area contributed by atoms with Crippen LogP contribution in [0, 0.1) is 5.92 Å². The van der Waals surface area contributed by atoms with Crippen molar-refractivity contribution in [2.24, 2.45) is 5.92 Å². The van der Waals surface area contributed by atoms with Crippen LogP contribution in [0.2, 0.25) is 0 Å². The lowest BCUT2D eigenvalue weighted by Gasteiger charge is -2.27. The van der Waals surface area contributed by atoms with Gasteiger partial charge in [0.2, 0.25) is 0 Å². The van der Waals surface area contributed by atoms with Gasteiger partial charge in [0, 0.05) is 18.4 Å². The Hall–Kier alpha value is -1.10. The van der Waals surface area contributed by atoms with Gasteiger partial charge in [0.1, 0.15) is 0 Å². The fraction of sp³-hybridized carbons (Fsp3) is 0.667. The van der Waals surface area contributed by atoms with E-state index in [0.717, 1.165) is 25.3 Å². The molecule has 1 aromatic rings. The molecule has 1 aromatic heterocycles. The molecular weight excluding hydrogens is 265 g/mol. The van der Waals surface area contributed by atoms with E-state index in [1.807, 2.05) is 0 Å². The number of hydrogen-bond donors (Lipinski definition) is 1. The topological polar surface area (TPSA) is 24.9 Å². The Morgan fingerprint density at radius 2 is 2.00 bits per heavy atom. The van der Waals surface area contributed by atoms with E-state index in [4.69, 9.17) is 0 Å². The van der Waals surface area contributed by atoms with Gasteiger partial charge in [-0.15, -0.1) is 0 Å². The Bertz CT molecular complexity index is 425. The molecule has 1 saturated carbocycles. The van der Waals surface area contributed by atoms with E-state index in [-0.39, 0.29) is 11.6 Å². The Labute approximate surface area is 117 Å². The molecule has 2 rings (SSSR count). The van der Waals surface area contributed by atoms with Crippen LogP contribution in [0.4, 0.5) is 13.2 Å². The summed E-state index contributed by atoms with van der Waals surface area (Å²) in [6.07, 6.45) is 4.89. The van der Waals surface area contributed by atoms with E-state index in [0.29, 0.717) is 5.92 Å². The second-order valence-corrected chi connectivity index (χ2v) is 5.54. The van der Waals surface area contributed by atoms with Gasteiger partial charge in [0.05, 0.1) is 5.56 Å². The summed E-state index contributed by atoms with van der Waals surface area (Å²) in [4.78, 5) is 3.88. The maximum Gasteiger partial charge on any atom is 0.416 e. The van der Waals surface area contributed by atoms with Crippen LogP contribution in [0.25, 0.3) is 0 Å². The van der Waals surface area contributed by atoms with E-state index in [9.17, 15) is 13.2 Å². The molecule has 0 saturated heterocycles. The molecule has 0 aromatic carbocycles. The minimum atomic E-state index is -4.32. The van der Waals surface area contributed by atoms with Crippen molar-refractivity contribution in [1.82, 2.24) is 10.3 Å². The first kappa shape index (κ1) is 15.3. The molecule has 20 heavy (non-hydrogen) atoms. The molecule has 1 aliphatic carbocycles. The van der Waals surface area contributed by atoms with Crippen LogP contribution in [0.15, 0.2) is 18.5 Å². The Morgan fingerprint density at radius 1 is 1.30 bits per heavy atom. The van der Waals surface area contributed by atoms with Gasteiger partial charge in [0.15, 0.2) is 0 Å². The van der Waals surface area contributed by atoms with Crippen molar-refractivity contribution in [2.75, 3.05) is 7.05 Å². The Balaban J connectivity index is 2.18. The normalized spacial score (nSPS) is 19.0. The highest BCUT2D eigenvalue weighted by Crippen LogP contribution is 2.37. The largest absolute Gasteiger partial charge is 0.416 e. The molecule has 1 atom stereocenters. The molecule has 2 nitrogen and oxygen atoms in total. The first-order valence-corrected chi connectivity index (χ1v) is 7.20. The highest BCUT2D eigenvalue weighted by atomic mass is 19.4. The predicted molar refractivity (Wildman–Crippen MR) is 72.2 cm³/mol. The third-order valence-corrected chi connectivity index (χ3v) is 4.17. The second kappa shape index (κ2) is 6.57. The third-order valence-electron chi connectivity index (χ3n) is 4.17. The van der Waals surface area contributed by atoms with Crippen molar-refractivity contribution in [2.45, 2.75) is 50.7 Å². The van der Waals surface area contributed by atoms with E-state index in [1.54, 1.807) is 7.05 Å². The van der Waals surface area contributed by atoms with E-state index < -0.39 is 11.7 Å². The van der Waals surface area contributed by atoms with Gasteiger partial charge in [-0.1, -0.05) is 32.1 Å². The lowest BCUT2D eigenvalue weighted by molar-refractivity contribution is -0.138. The van der Waals surface area contributed by atoms with Crippen molar-refractivity contribution in [3.8, 4) is 0 Å². The number of nitrogens with zero attached hydrogens (tertiary/aromatic N) is 1. The van der Waals surface area contributed by atoms with Gasteiger partial charge in [0.25, 0.3) is 0 Å². The number of rotatable bonds is 4. The third kappa shape index (κ3) is 3.72. The van der Waals surface area contributed by atoms with Crippen LogP contribution in [-0.4, -0.2) is 12.0 Å². The maximum atomic E-state index is 13.1. The highest BCUT2D eigenvalue weighted by molar-refractivity contribution is 5.29. The fourth-order valence-corrected chi connectivity index (χ4v) is 3.10. The van der Waals surface area contributed by atoms with Crippen LogP contribution in [0.5, 0.6) is 0 Å². The van der Waals surface area contributed by atoms with Gasteiger partial charge >= 0.3 is 6.18 Å². The summed E-state index contributed by atoms with van der Waals surface area (Å²) < 4.78 is 39.2. The summed E-state index contributed by atoms with van der Waals surface area (Å²) in [5.74, 6) is 0.516. The summed E-state index contributed by atoms with van der Waals surface area (Å²) in [5.41, 5.74) is -0.296. The van der Waals surface area contributed by atoms with E-state index in [1.165, 1.54) is 31.7 Å². The first-order chi connectivity index (χ1) is 9.52. The molecule has 1 heterocycles. The predicted octanol–water partition coefficient (Wildman–Crippen LogP) is 4.33. The lowest BCUT2D eigenvalue weighted by atomic mass is 9.83. The fourth-order valence-electron chi connectivity index (χ4n) is 3.10. The van der Waals surface area contributed by atoms with Gasteiger partial charge in [-0.05, 0) is 31.0 Å². The lowest BCUT2D eigenvalue weighted by Crippen LogP contribution is -2.24. The maximum absolute atomic E-state index is 13.1. The Morgan fingerprint density at radius 3 is 2.60 bits per heavy atom. The number of hydrogen-bond acceptors (Lipinski definition) is 2. The zero-order chi connectivity index (χ0) is 14.6.